The van der Waals surface area contributed by atoms with Crippen LogP contribution in [-0.2, 0) is 0 Å². The highest BCUT2D eigenvalue weighted by Gasteiger charge is 2.23. The normalized spacial score (nSPS) is 11.9. The Morgan fingerprint density at radius 2 is 0.672 bits per heavy atom. The molecule has 0 aliphatic rings. The maximum atomic E-state index is 10.0. The van der Waals surface area contributed by atoms with Crippen molar-refractivity contribution in [2.45, 2.75) is 6.92 Å². The minimum absolute atomic E-state index is 0.637. The van der Waals surface area contributed by atoms with Gasteiger partial charge in [0.05, 0.1) is 67.1 Å². The van der Waals surface area contributed by atoms with Gasteiger partial charge in [0, 0.05) is 54.5 Å². The smallest absolute Gasteiger partial charge is 0.0991 e. The summed E-state index contributed by atoms with van der Waals surface area (Å²) in [5.41, 5.74) is 17.4. The first-order chi connectivity index (χ1) is 33.1. The highest BCUT2D eigenvalue weighted by molar-refractivity contribution is 6.15. The molecule has 0 aliphatic heterocycles. The number of hydrogen-bond acceptors (Lipinski definition) is 1. The summed E-state index contributed by atoms with van der Waals surface area (Å²) in [5.74, 6) is 0. The predicted octanol–water partition coefficient (Wildman–Crippen LogP) is 15.9. The lowest BCUT2D eigenvalue weighted by molar-refractivity contribution is 1.09. The summed E-state index contributed by atoms with van der Waals surface area (Å²) < 4.78 is 9.73. The van der Waals surface area contributed by atoms with E-state index in [1.807, 2.05) is 18.2 Å². The van der Waals surface area contributed by atoms with E-state index in [2.05, 4.69) is 231 Å². The van der Waals surface area contributed by atoms with E-state index in [1.165, 1.54) is 65.2 Å². The van der Waals surface area contributed by atoms with Crippen molar-refractivity contribution in [3.8, 4) is 39.9 Å². The Morgan fingerprint density at radius 3 is 1.09 bits per heavy atom. The van der Waals surface area contributed by atoms with Gasteiger partial charge in [-0.1, -0.05) is 121 Å². The first-order valence-corrected chi connectivity index (χ1v) is 22.8. The number of rotatable bonds is 5. The second kappa shape index (κ2) is 14.2. The monoisotopic (exact) mass is 853 g/mol. The fourth-order valence-electron chi connectivity index (χ4n) is 11.2. The van der Waals surface area contributed by atoms with Crippen molar-refractivity contribution >= 4 is 87.2 Å². The molecule has 0 radical (unpaired) electrons. The molecule has 0 fully saturated rings. The van der Waals surface area contributed by atoms with Crippen LogP contribution in [0.1, 0.15) is 11.1 Å². The summed E-state index contributed by atoms with van der Waals surface area (Å²) >= 11 is 0. The third-order valence-corrected chi connectivity index (χ3v) is 14.1. The van der Waals surface area contributed by atoms with E-state index in [0.29, 0.717) is 5.56 Å². The van der Waals surface area contributed by atoms with Crippen molar-refractivity contribution in [1.29, 1.82) is 5.26 Å². The quantitative estimate of drug-likeness (QED) is 0.170. The van der Waals surface area contributed by atoms with Crippen molar-refractivity contribution in [1.82, 2.24) is 18.3 Å². The number of aromatic nitrogens is 4. The maximum Gasteiger partial charge on any atom is 0.0991 e. The van der Waals surface area contributed by atoms with Gasteiger partial charge in [0.2, 0.25) is 0 Å². The van der Waals surface area contributed by atoms with Crippen LogP contribution >= 0.6 is 0 Å². The molecule has 312 valence electrons. The van der Waals surface area contributed by atoms with Gasteiger partial charge in [0.1, 0.15) is 0 Å². The van der Waals surface area contributed by atoms with Gasteiger partial charge >= 0.3 is 0 Å². The molecule has 0 saturated carbocycles. The first kappa shape index (κ1) is 37.3. The van der Waals surface area contributed by atoms with E-state index in [4.69, 9.17) is 0 Å². The highest BCUT2D eigenvalue weighted by atomic mass is 15.1. The number of nitriles is 1. The lowest BCUT2D eigenvalue weighted by Crippen LogP contribution is -2.05. The van der Waals surface area contributed by atoms with Crippen LogP contribution in [0.4, 0.5) is 0 Å². The van der Waals surface area contributed by atoms with Crippen LogP contribution in [0.15, 0.2) is 218 Å². The Kier molecular flexibility index (Phi) is 7.90. The molecule has 0 amide bonds. The number of benzene rings is 10. The largest absolute Gasteiger partial charge is 0.309 e. The molecule has 10 aromatic carbocycles. The number of aryl methyl sites for hydroxylation is 1. The summed E-state index contributed by atoms with van der Waals surface area (Å²) in [7, 11) is 0. The number of fused-ring (bicyclic) bond motifs is 12. The zero-order valence-corrected chi connectivity index (χ0v) is 36.5. The molecule has 0 bridgehead atoms. The second-order valence-corrected chi connectivity index (χ2v) is 17.7. The van der Waals surface area contributed by atoms with Gasteiger partial charge in [-0.2, -0.15) is 5.26 Å². The molecule has 4 aromatic heterocycles. The van der Waals surface area contributed by atoms with Crippen LogP contribution < -0.4 is 0 Å². The Bertz CT molecular complexity index is 4320. The molecule has 0 N–H and O–H groups in total. The first-order valence-electron chi connectivity index (χ1n) is 22.8. The van der Waals surface area contributed by atoms with Crippen LogP contribution in [0.25, 0.3) is 121 Å². The minimum atomic E-state index is 0.637. The van der Waals surface area contributed by atoms with E-state index in [0.717, 1.165) is 61.5 Å². The molecule has 0 unspecified atom stereocenters. The van der Waals surface area contributed by atoms with Crippen molar-refractivity contribution in [2.75, 3.05) is 0 Å². The molecule has 0 spiro atoms. The third kappa shape index (κ3) is 5.36. The van der Waals surface area contributed by atoms with Gasteiger partial charge in [0.15, 0.2) is 0 Å². The number of hydrogen-bond donors (Lipinski definition) is 0. The number of nitrogens with zero attached hydrogens (tertiary/aromatic N) is 5. The minimum Gasteiger partial charge on any atom is -0.309 e. The summed E-state index contributed by atoms with van der Waals surface area (Å²) in [6.07, 6.45) is 0. The van der Waals surface area contributed by atoms with E-state index in [9.17, 15) is 5.26 Å². The molecular formula is C62H39N5. The fraction of sp³-hybridized carbons (Fsp3) is 0.0161. The topological polar surface area (TPSA) is 43.5 Å². The van der Waals surface area contributed by atoms with E-state index in [-0.39, 0.29) is 0 Å². The van der Waals surface area contributed by atoms with Gasteiger partial charge in [-0.3, -0.25) is 0 Å². The number of para-hydroxylation sites is 6. The predicted molar refractivity (Wildman–Crippen MR) is 279 cm³/mol. The highest BCUT2D eigenvalue weighted by Crippen LogP contribution is 2.43. The zero-order valence-electron chi connectivity index (χ0n) is 36.5. The average Bonchev–Trinajstić information content (AvgIpc) is 4.11. The van der Waals surface area contributed by atoms with E-state index in [1.54, 1.807) is 0 Å². The van der Waals surface area contributed by atoms with Crippen LogP contribution in [-0.4, -0.2) is 18.3 Å². The van der Waals surface area contributed by atoms with E-state index >= 15 is 0 Å². The van der Waals surface area contributed by atoms with Crippen molar-refractivity contribution in [3.05, 3.63) is 230 Å². The van der Waals surface area contributed by atoms with Gasteiger partial charge < -0.3 is 18.3 Å². The van der Waals surface area contributed by atoms with Crippen LogP contribution in [0.2, 0.25) is 0 Å². The molecule has 0 atom stereocenters. The molecule has 14 rings (SSSR count). The van der Waals surface area contributed by atoms with Gasteiger partial charge in [-0.25, -0.2) is 0 Å². The molecule has 67 heavy (non-hydrogen) atoms. The van der Waals surface area contributed by atoms with Crippen molar-refractivity contribution in [2.24, 2.45) is 0 Å². The standard InChI is InChI=1S/C62H39N5/c1-39-33-61(66-57-27-12-6-21-48(57)51-35-42(29-31-59(51)66)64-53-23-8-2-17-44(53)45-18-3-9-24-54(45)64)62(37-50(39)41-16-14-15-40(34-41)38-63)67-58-28-13-7-22-49(58)52-36-43(30-32-60(52)67)65-55-25-10-4-19-46(55)47-20-5-11-26-56(47)65/h2-37H,1H3. The van der Waals surface area contributed by atoms with Crippen LogP contribution in [0.5, 0.6) is 0 Å². The molecular weight excluding hydrogens is 815 g/mol. The van der Waals surface area contributed by atoms with Gasteiger partial charge in [-0.15, -0.1) is 0 Å². The molecule has 0 aliphatic carbocycles. The zero-order chi connectivity index (χ0) is 44.3. The summed E-state index contributed by atoms with van der Waals surface area (Å²) in [6.45, 7) is 2.19. The molecule has 14 aromatic rings. The maximum absolute atomic E-state index is 10.0. The Morgan fingerprint density at radius 1 is 0.313 bits per heavy atom. The summed E-state index contributed by atoms with van der Waals surface area (Å²) in [5, 5.41) is 19.7. The Balaban J connectivity index is 1.06. The van der Waals surface area contributed by atoms with Crippen molar-refractivity contribution < 1.29 is 0 Å². The Hall–Kier alpha value is -9.11. The summed E-state index contributed by atoms with van der Waals surface area (Å²) in [6, 6.07) is 81.4. The third-order valence-electron chi connectivity index (χ3n) is 14.1. The van der Waals surface area contributed by atoms with Gasteiger partial charge in [0.25, 0.3) is 0 Å². The van der Waals surface area contributed by atoms with Crippen LogP contribution in [0, 0.1) is 18.3 Å². The van der Waals surface area contributed by atoms with Crippen LogP contribution in [0.3, 0.4) is 0 Å². The molecule has 0 saturated heterocycles. The lowest BCUT2D eigenvalue weighted by atomic mass is 9.97. The van der Waals surface area contributed by atoms with Crippen molar-refractivity contribution in [3.63, 3.8) is 0 Å². The average molecular weight is 854 g/mol. The lowest BCUT2D eigenvalue weighted by Gasteiger charge is -2.20. The SMILES string of the molecule is Cc1cc(-n2c3ccccc3c3cc(-n4c5ccccc5c5ccccc54)ccc32)c(-n2c3ccccc3c3cc(-n4c5ccccc5c5ccccc54)ccc32)cc1-c1cccc(C#N)c1. The molecule has 5 heteroatoms. The molecule has 4 heterocycles. The second-order valence-electron chi connectivity index (χ2n) is 17.7. The van der Waals surface area contributed by atoms with E-state index < -0.39 is 0 Å². The van der Waals surface area contributed by atoms with Gasteiger partial charge in [-0.05, 0) is 121 Å². The molecule has 5 nitrogen and oxygen atoms in total. The fourth-order valence-corrected chi connectivity index (χ4v) is 11.2. The Labute approximate surface area is 385 Å². The summed E-state index contributed by atoms with van der Waals surface area (Å²) in [4.78, 5) is 0.